The maximum absolute atomic E-state index is 5.58. The van der Waals surface area contributed by atoms with Crippen LogP contribution in [0.5, 0.6) is 0 Å². The monoisotopic (exact) mass is 2440 g/mol. The molecule has 22 rings (SSSR count). The fourth-order valence-corrected chi connectivity index (χ4v) is 21.0. The number of hydrogen-bond donors (Lipinski definition) is 0. The van der Waals surface area contributed by atoms with Gasteiger partial charge in [-0.2, -0.15) is 182 Å². The maximum atomic E-state index is 5.58. The number of aromatic nitrogens is 9. The van der Waals surface area contributed by atoms with E-state index in [9.17, 15) is 0 Å². The van der Waals surface area contributed by atoms with E-state index >= 15 is 0 Å². The number of benzene rings is 12. The molecular formula is C135H112Ir3N9. The van der Waals surface area contributed by atoms with Gasteiger partial charge < -0.3 is 0 Å². The van der Waals surface area contributed by atoms with E-state index in [0.717, 1.165) is 168 Å². The van der Waals surface area contributed by atoms with Gasteiger partial charge in [0.1, 0.15) is 0 Å². The maximum Gasteiger partial charge on any atom is 3.00 e. The number of pyridine rings is 9. The van der Waals surface area contributed by atoms with Crippen LogP contribution in [0.15, 0.2) is 413 Å². The van der Waals surface area contributed by atoms with Gasteiger partial charge in [-0.15, -0.1) is 139 Å². The molecule has 1 aliphatic carbocycles. The Morgan fingerprint density at radius 2 is 0.517 bits per heavy atom. The first-order valence-corrected chi connectivity index (χ1v) is 50.0. The zero-order chi connectivity index (χ0) is 99.0. The van der Waals surface area contributed by atoms with Crippen LogP contribution in [0.1, 0.15) is 236 Å². The van der Waals surface area contributed by atoms with Crippen molar-refractivity contribution in [3.63, 3.8) is 0 Å². The average molecular weight is 2440 g/mol. The van der Waals surface area contributed by atoms with Crippen molar-refractivity contribution < 1.29 is 60.3 Å². The van der Waals surface area contributed by atoms with Crippen molar-refractivity contribution in [2.45, 2.75) is 152 Å². The first kappa shape index (κ1) is 104. The number of fused-ring (bicyclic) bond motifs is 3. The minimum atomic E-state index is -0.659. The van der Waals surface area contributed by atoms with Crippen molar-refractivity contribution in [1.82, 2.24) is 44.9 Å². The van der Waals surface area contributed by atoms with Crippen LogP contribution >= 0.6 is 0 Å². The molecule has 1 aliphatic rings. The summed E-state index contributed by atoms with van der Waals surface area (Å²) in [5.74, 6) is 1.38. The van der Waals surface area contributed by atoms with Gasteiger partial charge in [0.2, 0.25) is 0 Å². The van der Waals surface area contributed by atoms with Crippen molar-refractivity contribution in [3.05, 3.63) is 591 Å². The quantitative estimate of drug-likeness (QED) is 0.0545. The molecule has 0 amide bonds. The Hall–Kier alpha value is -14.3. The van der Waals surface area contributed by atoms with Gasteiger partial charge >= 0.3 is 60.3 Å². The third-order valence-corrected chi connectivity index (χ3v) is 29.8. The molecule has 9 nitrogen and oxygen atoms in total. The predicted octanol–water partition coefficient (Wildman–Crippen LogP) is 30.6. The van der Waals surface area contributed by atoms with Gasteiger partial charge in [-0.1, -0.05) is 138 Å². The molecule has 0 N–H and O–H groups in total. The summed E-state index contributed by atoms with van der Waals surface area (Å²) in [5, 5.41) is 6.74. The molecule has 12 heteroatoms. The van der Waals surface area contributed by atoms with E-state index in [4.69, 9.17) is 44.9 Å². The number of aryl methyl sites for hydroxylation is 1. The van der Waals surface area contributed by atoms with Crippen molar-refractivity contribution in [2.24, 2.45) is 0 Å². The van der Waals surface area contributed by atoms with Gasteiger partial charge in [0, 0.05) is 70.5 Å². The van der Waals surface area contributed by atoms with E-state index in [0.29, 0.717) is 17.8 Å². The van der Waals surface area contributed by atoms with Gasteiger partial charge in [-0.05, 0) is 229 Å². The molecule has 12 aromatic carbocycles. The molecular weight excluding hydrogens is 2320 g/mol. The molecule has 9 heterocycles. The van der Waals surface area contributed by atoms with E-state index in [1.54, 1.807) is 0 Å². The Kier molecular flexibility index (Phi) is 32.1. The summed E-state index contributed by atoms with van der Waals surface area (Å²) >= 11 is 0. The van der Waals surface area contributed by atoms with E-state index in [1.807, 2.05) is 177 Å². The Balaban J connectivity index is 0.000000149. The molecule has 0 bridgehead atoms. The second kappa shape index (κ2) is 45.4. The fraction of sp³-hybridized carbons (Fsp3) is 0.178. The zero-order valence-electron chi connectivity index (χ0n) is 84.3. The fourth-order valence-electron chi connectivity index (χ4n) is 21.0. The molecule has 147 heavy (non-hydrogen) atoms. The molecule has 9 aromatic heterocycles. The van der Waals surface area contributed by atoms with Crippen LogP contribution in [0, 0.1) is 61.5 Å². The predicted molar refractivity (Wildman–Crippen MR) is 583 cm³/mol. The van der Waals surface area contributed by atoms with Gasteiger partial charge in [0.25, 0.3) is 0 Å². The standard InChI is InChI=1S/C46H38N3.C45H38N3.C44H36N3.3Ir/c1-45(37-19-5-3-6-20-37,41-24-11-13-28-47-41)39-23-15-18-35(31-39)44-40-27-26-34(33-16-9-10-17-33)30-36(40)32-43(49-44)46(2,38-21-7-4-8-22-38)42-25-12-14-29-48-42;1-31(2)33-22-23-39-34(28-33)30-42(45(5,37-18-10-7-11-19-37)41-21-13-15-25-47-41)48-43(39)35-26-32(3)27-38(29-35)44(4,36-16-8-6-9-17-36)40-20-12-14-24-46-40;1-31(2)32-24-25-38-34(28-32)30-41(44(4,36-19-9-6-10-20-36)40-23-12-14-27-46-40)47-42(38)33-16-15-21-37(29-33)43(3,35-17-7-5-8-18-35)39-22-11-13-26-45-39;;;/h3-8,11-15,18-19,21,23-30,32-33H,9-10,16-17H2,1-2H3;6-16,18,20-28,30-31H,1-5H3;5-17,19,21-28,30-31H,1-4H3;;;/q3*-3;3*+3/t45?,46-;44?,45-;43?,44-;;;/m111.../s1. The SMILES string of the molecule is CC(C)c1ccc2c(-c3[c-]c(C(C)(c4[c-]cccc4)c4ccccn4)ccc3)nc([C@](C)(c3[c-]cccc3)c3ccccn3)cc2c1.CC(c1[c-]cccc1)(c1[c-]c(-c2nc([C@](C)(c3[c-]cccc3)c3ccccn3)cc3cc(C4CCCC4)ccc23)ccc1)c1ccccn1.Cc1cc(-c2nc([C@](C)(c3[c-]cccc3)c3ccccn3)cc3cc(C(C)C)ccc23)[c-]c(C(C)(c2[c-]cccc2)c2ccccn2)c1.[Ir+3].[Ir+3].[Ir+3]. The van der Waals surface area contributed by atoms with Gasteiger partial charge in [-0.3, -0.25) is 44.9 Å². The van der Waals surface area contributed by atoms with E-state index < -0.39 is 32.5 Å². The van der Waals surface area contributed by atoms with Crippen molar-refractivity contribution >= 4 is 32.3 Å². The number of hydrogen-bond acceptors (Lipinski definition) is 9. The van der Waals surface area contributed by atoms with Crippen molar-refractivity contribution in [1.29, 1.82) is 0 Å². The van der Waals surface area contributed by atoms with E-state index in [-0.39, 0.29) is 60.3 Å². The Morgan fingerprint density at radius 3 is 0.816 bits per heavy atom. The average Bonchev–Trinajstić information content (AvgIpc) is 0.907. The molecule has 724 valence electrons. The number of nitrogens with zero attached hydrogens (tertiary/aromatic N) is 9. The topological polar surface area (TPSA) is 116 Å². The summed E-state index contributed by atoms with van der Waals surface area (Å²) < 4.78 is 0. The van der Waals surface area contributed by atoms with E-state index in [2.05, 4.69) is 367 Å². The van der Waals surface area contributed by atoms with Crippen molar-refractivity contribution in [3.8, 4) is 33.8 Å². The smallest absolute Gasteiger partial charge is 0.299 e. The molecule has 0 aliphatic heterocycles. The Bertz CT molecular complexity index is 7780. The summed E-state index contributed by atoms with van der Waals surface area (Å²) in [4.78, 5) is 45.9. The molecule has 6 atom stereocenters. The van der Waals surface area contributed by atoms with Gasteiger partial charge in [0.05, 0.1) is 50.4 Å². The van der Waals surface area contributed by atoms with Crippen LogP contribution in [-0.2, 0) is 92.8 Å². The minimum absolute atomic E-state index is 0. The molecule has 0 spiro atoms. The summed E-state index contributed by atoms with van der Waals surface area (Å²) in [6, 6.07) is 163. The van der Waals surface area contributed by atoms with Crippen LogP contribution in [-0.4, -0.2) is 44.9 Å². The van der Waals surface area contributed by atoms with E-state index in [1.165, 1.54) is 47.8 Å². The molecule has 1 saturated carbocycles. The van der Waals surface area contributed by atoms with Crippen LogP contribution in [0.25, 0.3) is 66.1 Å². The van der Waals surface area contributed by atoms with Crippen LogP contribution < -0.4 is 0 Å². The molecule has 21 aromatic rings. The molecule has 0 saturated heterocycles. The Morgan fingerprint density at radius 1 is 0.245 bits per heavy atom. The molecule has 3 unspecified atom stereocenters. The van der Waals surface area contributed by atoms with Crippen LogP contribution in [0.3, 0.4) is 0 Å². The second-order valence-corrected chi connectivity index (χ2v) is 39.4. The van der Waals surface area contributed by atoms with Gasteiger partial charge in [0.15, 0.2) is 0 Å². The van der Waals surface area contributed by atoms with Gasteiger partial charge in [-0.25, -0.2) is 0 Å². The zero-order valence-corrected chi connectivity index (χ0v) is 91.5. The van der Waals surface area contributed by atoms with Crippen LogP contribution in [0.4, 0.5) is 0 Å². The first-order valence-electron chi connectivity index (χ1n) is 50.0. The normalized spacial score (nSPS) is 14.4. The number of rotatable bonds is 24. The van der Waals surface area contributed by atoms with Crippen molar-refractivity contribution in [2.75, 3.05) is 0 Å². The molecule has 1 fully saturated rings. The summed E-state index contributed by atoms with van der Waals surface area (Å²) in [6.45, 7) is 24.4. The third kappa shape index (κ3) is 20.6. The molecule has 0 radical (unpaired) electrons. The summed E-state index contributed by atoms with van der Waals surface area (Å²) in [5.41, 5.74) is 24.4. The summed E-state index contributed by atoms with van der Waals surface area (Å²) in [7, 11) is 0. The first-order chi connectivity index (χ1) is 70.2. The third-order valence-electron chi connectivity index (χ3n) is 29.8. The largest absolute Gasteiger partial charge is 3.00 e. The van der Waals surface area contributed by atoms with Crippen LogP contribution in [0.2, 0.25) is 0 Å². The summed E-state index contributed by atoms with van der Waals surface area (Å²) in [6.07, 6.45) is 16.2. The Labute approximate surface area is 907 Å². The second-order valence-electron chi connectivity index (χ2n) is 39.4. The minimum Gasteiger partial charge on any atom is -0.299 e.